The van der Waals surface area contributed by atoms with Crippen molar-refractivity contribution >= 4 is 0 Å². The van der Waals surface area contributed by atoms with Crippen molar-refractivity contribution in [1.29, 1.82) is 0 Å². The first kappa shape index (κ1) is 15.4. The number of aromatic nitrogens is 2. The van der Waals surface area contributed by atoms with E-state index in [-0.39, 0.29) is 12.0 Å². The summed E-state index contributed by atoms with van der Waals surface area (Å²) >= 11 is 0. The maximum Gasteiger partial charge on any atom is 0.231 e. The standard InChI is InChI=1S/C19H21N3O/c1-13-8-6-7-11-16(13)12-17-21-19(23-22-17)14(2)18(20)15-9-4-3-5-10-15/h3-11,14,18H,12,20H2,1-2H3. The van der Waals surface area contributed by atoms with Gasteiger partial charge in [-0.25, -0.2) is 0 Å². The Balaban J connectivity index is 1.75. The first-order valence-corrected chi connectivity index (χ1v) is 7.82. The minimum absolute atomic E-state index is 0.0319. The zero-order valence-corrected chi connectivity index (χ0v) is 13.4. The Kier molecular flexibility index (Phi) is 4.53. The molecule has 3 rings (SSSR count). The summed E-state index contributed by atoms with van der Waals surface area (Å²) in [5.74, 6) is 1.25. The molecule has 0 spiro atoms. The molecule has 0 aliphatic carbocycles. The summed E-state index contributed by atoms with van der Waals surface area (Å²) in [4.78, 5) is 4.54. The van der Waals surface area contributed by atoms with Crippen LogP contribution in [-0.2, 0) is 6.42 Å². The second-order valence-electron chi connectivity index (χ2n) is 5.88. The first-order valence-electron chi connectivity index (χ1n) is 7.82. The molecule has 0 amide bonds. The van der Waals surface area contributed by atoms with E-state index in [0.29, 0.717) is 18.1 Å². The topological polar surface area (TPSA) is 64.9 Å². The third-order valence-corrected chi connectivity index (χ3v) is 4.21. The van der Waals surface area contributed by atoms with Crippen LogP contribution in [0.25, 0.3) is 0 Å². The SMILES string of the molecule is Cc1ccccc1Cc1noc(C(C)C(N)c2ccccc2)n1. The molecule has 0 aliphatic rings. The van der Waals surface area contributed by atoms with E-state index < -0.39 is 0 Å². The molecule has 118 valence electrons. The van der Waals surface area contributed by atoms with Gasteiger partial charge in [-0.3, -0.25) is 0 Å². The molecule has 0 saturated heterocycles. The molecule has 2 atom stereocenters. The molecule has 1 heterocycles. The summed E-state index contributed by atoms with van der Waals surface area (Å²) in [5.41, 5.74) is 9.83. The number of nitrogens with zero attached hydrogens (tertiary/aromatic N) is 2. The summed E-state index contributed by atoms with van der Waals surface area (Å²) < 4.78 is 5.44. The third-order valence-electron chi connectivity index (χ3n) is 4.21. The van der Waals surface area contributed by atoms with Gasteiger partial charge in [0.1, 0.15) is 0 Å². The van der Waals surface area contributed by atoms with Crippen molar-refractivity contribution in [2.45, 2.75) is 32.2 Å². The lowest BCUT2D eigenvalue weighted by molar-refractivity contribution is 0.340. The molecule has 1 aromatic heterocycles. The number of aryl methyl sites for hydroxylation is 1. The quantitative estimate of drug-likeness (QED) is 0.779. The van der Waals surface area contributed by atoms with Crippen LogP contribution < -0.4 is 5.73 Å². The molecule has 2 unspecified atom stereocenters. The van der Waals surface area contributed by atoms with Gasteiger partial charge in [0.25, 0.3) is 0 Å². The minimum atomic E-state index is -0.164. The molecule has 0 bridgehead atoms. The summed E-state index contributed by atoms with van der Waals surface area (Å²) in [6, 6.07) is 18.1. The molecule has 0 saturated carbocycles. The number of benzene rings is 2. The molecule has 3 aromatic rings. The van der Waals surface area contributed by atoms with Crippen LogP contribution in [0.1, 0.15) is 47.3 Å². The molecular formula is C19H21N3O. The van der Waals surface area contributed by atoms with Crippen molar-refractivity contribution in [1.82, 2.24) is 10.1 Å². The highest BCUT2D eigenvalue weighted by Gasteiger charge is 2.22. The summed E-state index contributed by atoms with van der Waals surface area (Å²) in [5, 5.41) is 4.11. The van der Waals surface area contributed by atoms with E-state index in [9.17, 15) is 0 Å². The first-order chi connectivity index (χ1) is 11.1. The fourth-order valence-electron chi connectivity index (χ4n) is 2.62. The van der Waals surface area contributed by atoms with Crippen LogP contribution in [0, 0.1) is 6.92 Å². The lowest BCUT2D eigenvalue weighted by atomic mass is 9.95. The maximum absolute atomic E-state index is 6.33. The van der Waals surface area contributed by atoms with Gasteiger partial charge >= 0.3 is 0 Å². The van der Waals surface area contributed by atoms with Crippen LogP contribution in [0.15, 0.2) is 59.1 Å². The predicted octanol–water partition coefficient (Wildman–Crippen LogP) is 3.77. The van der Waals surface area contributed by atoms with Crippen molar-refractivity contribution < 1.29 is 4.52 Å². The summed E-state index contributed by atoms with van der Waals surface area (Å²) in [7, 11) is 0. The van der Waals surface area contributed by atoms with Crippen LogP contribution in [0.3, 0.4) is 0 Å². The van der Waals surface area contributed by atoms with E-state index in [1.165, 1.54) is 11.1 Å². The monoisotopic (exact) mass is 307 g/mol. The lowest BCUT2D eigenvalue weighted by Gasteiger charge is -2.16. The number of hydrogen-bond donors (Lipinski definition) is 1. The molecular weight excluding hydrogens is 286 g/mol. The highest BCUT2D eigenvalue weighted by molar-refractivity contribution is 5.28. The lowest BCUT2D eigenvalue weighted by Crippen LogP contribution is -2.17. The van der Waals surface area contributed by atoms with Crippen LogP contribution in [-0.4, -0.2) is 10.1 Å². The van der Waals surface area contributed by atoms with Crippen molar-refractivity contribution in [3.05, 3.63) is 83.0 Å². The molecule has 2 N–H and O–H groups in total. The zero-order chi connectivity index (χ0) is 16.2. The van der Waals surface area contributed by atoms with E-state index in [4.69, 9.17) is 10.3 Å². The predicted molar refractivity (Wildman–Crippen MR) is 90.1 cm³/mol. The highest BCUT2D eigenvalue weighted by Crippen LogP contribution is 2.27. The average Bonchev–Trinajstić information content (AvgIpc) is 3.05. The smallest absolute Gasteiger partial charge is 0.231 e. The van der Waals surface area contributed by atoms with E-state index in [0.717, 1.165) is 5.56 Å². The third kappa shape index (κ3) is 3.48. The van der Waals surface area contributed by atoms with Crippen molar-refractivity contribution in [3.63, 3.8) is 0 Å². The van der Waals surface area contributed by atoms with Crippen molar-refractivity contribution in [2.75, 3.05) is 0 Å². The molecule has 4 nitrogen and oxygen atoms in total. The van der Waals surface area contributed by atoms with Crippen molar-refractivity contribution in [2.24, 2.45) is 5.73 Å². The maximum atomic E-state index is 6.33. The Morgan fingerprint density at radius 3 is 2.48 bits per heavy atom. The summed E-state index contributed by atoms with van der Waals surface area (Å²) in [6.45, 7) is 4.10. The van der Waals surface area contributed by atoms with Gasteiger partial charge in [-0.05, 0) is 23.6 Å². The minimum Gasteiger partial charge on any atom is -0.339 e. The Hall–Kier alpha value is -2.46. The van der Waals surface area contributed by atoms with Gasteiger partial charge in [0.15, 0.2) is 5.82 Å². The Morgan fingerprint density at radius 1 is 1.04 bits per heavy atom. The number of nitrogens with two attached hydrogens (primary N) is 1. The normalized spacial score (nSPS) is 13.7. The van der Waals surface area contributed by atoms with E-state index in [1.807, 2.05) is 49.4 Å². The average molecular weight is 307 g/mol. The fraction of sp³-hybridized carbons (Fsp3) is 0.263. The van der Waals surface area contributed by atoms with Crippen LogP contribution in [0.5, 0.6) is 0 Å². The van der Waals surface area contributed by atoms with Crippen LogP contribution >= 0.6 is 0 Å². The number of rotatable bonds is 5. The zero-order valence-electron chi connectivity index (χ0n) is 13.4. The Morgan fingerprint density at radius 2 is 1.74 bits per heavy atom. The van der Waals surface area contributed by atoms with Gasteiger partial charge in [-0.1, -0.05) is 66.7 Å². The highest BCUT2D eigenvalue weighted by atomic mass is 16.5. The second-order valence-corrected chi connectivity index (χ2v) is 5.88. The van der Waals surface area contributed by atoms with Gasteiger partial charge in [0, 0.05) is 12.5 Å². The largest absolute Gasteiger partial charge is 0.339 e. The molecule has 0 fully saturated rings. The van der Waals surface area contributed by atoms with Gasteiger partial charge in [0.2, 0.25) is 5.89 Å². The summed E-state index contributed by atoms with van der Waals surface area (Å²) in [6.07, 6.45) is 0.670. The number of hydrogen-bond acceptors (Lipinski definition) is 4. The molecule has 2 aromatic carbocycles. The van der Waals surface area contributed by atoms with Gasteiger partial charge < -0.3 is 10.3 Å². The molecule has 4 heteroatoms. The van der Waals surface area contributed by atoms with Gasteiger partial charge in [-0.15, -0.1) is 0 Å². The fourth-order valence-corrected chi connectivity index (χ4v) is 2.62. The van der Waals surface area contributed by atoms with Crippen molar-refractivity contribution in [3.8, 4) is 0 Å². The molecule has 0 aliphatic heterocycles. The Bertz CT molecular complexity index is 767. The van der Waals surface area contributed by atoms with Gasteiger partial charge in [0.05, 0.1) is 5.92 Å². The van der Waals surface area contributed by atoms with E-state index in [1.54, 1.807) is 0 Å². The van der Waals surface area contributed by atoms with Gasteiger partial charge in [-0.2, -0.15) is 4.98 Å². The Labute approximate surface area is 136 Å². The second kappa shape index (κ2) is 6.75. The van der Waals surface area contributed by atoms with Crippen LogP contribution in [0.4, 0.5) is 0 Å². The van der Waals surface area contributed by atoms with E-state index in [2.05, 4.69) is 29.2 Å². The molecule has 23 heavy (non-hydrogen) atoms. The van der Waals surface area contributed by atoms with Crippen LogP contribution in [0.2, 0.25) is 0 Å². The van der Waals surface area contributed by atoms with E-state index >= 15 is 0 Å². The molecule has 0 radical (unpaired) electrons.